The molecule has 132 valence electrons. The Labute approximate surface area is 147 Å². The van der Waals surface area contributed by atoms with Crippen molar-refractivity contribution < 1.29 is 13.2 Å². The van der Waals surface area contributed by atoms with Crippen LogP contribution in [0.5, 0.6) is 0 Å². The van der Waals surface area contributed by atoms with Crippen molar-refractivity contribution in [2.24, 2.45) is 0 Å². The third-order valence-corrected chi connectivity index (χ3v) is 6.58. The number of benzene rings is 1. The number of piperazine rings is 1. The van der Waals surface area contributed by atoms with Gasteiger partial charge < -0.3 is 15.1 Å². The number of hydrogen-bond donors (Lipinski definition) is 1. The molecule has 1 aromatic rings. The van der Waals surface area contributed by atoms with E-state index in [0.717, 1.165) is 18.8 Å². The molecule has 1 atom stereocenters. The molecule has 6 nitrogen and oxygen atoms in total. The number of halogens is 1. The van der Waals surface area contributed by atoms with Crippen LogP contribution in [0.25, 0.3) is 0 Å². The number of amides is 1. The summed E-state index contributed by atoms with van der Waals surface area (Å²) < 4.78 is 22.9. The van der Waals surface area contributed by atoms with E-state index < -0.39 is 9.84 Å². The highest BCUT2D eigenvalue weighted by atomic mass is 35.5. The summed E-state index contributed by atoms with van der Waals surface area (Å²) in [5.74, 6) is 0.394. The quantitative estimate of drug-likeness (QED) is 0.846. The minimum atomic E-state index is -2.91. The van der Waals surface area contributed by atoms with Crippen molar-refractivity contribution in [1.29, 1.82) is 0 Å². The summed E-state index contributed by atoms with van der Waals surface area (Å²) in [6.45, 7) is 3.07. The van der Waals surface area contributed by atoms with Gasteiger partial charge in [0.05, 0.1) is 18.1 Å². The first-order valence-corrected chi connectivity index (χ1v) is 10.3. The summed E-state index contributed by atoms with van der Waals surface area (Å²) in [4.78, 5) is 16.3. The molecule has 1 N–H and O–H groups in total. The van der Waals surface area contributed by atoms with Crippen LogP contribution >= 0.6 is 11.6 Å². The Morgan fingerprint density at radius 2 is 2.00 bits per heavy atom. The van der Waals surface area contributed by atoms with Crippen LogP contribution in [0.3, 0.4) is 0 Å². The maximum absolute atomic E-state index is 12.3. The maximum atomic E-state index is 12.3. The molecule has 1 unspecified atom stereocenters. The van der Waals surface area contributed by atoms with Crippen molar-refractivity contribution in [3.8, 4) is 0 Å². The molecule has 8 heteroatoms. The third kappa shape index (κ3) is 4.40. The molecule has 0 spiro atoms. The van der Waals surface area contributed by atoms with Crippen LogP contribution < -0.4 is 10.2 Å². The Morgan fingerprint density at radius 3 is 2.62 bits per heavy atom. The number of sulfone groups is 1. The largest absolute Gasteiger partial charge is 0.368 e. The van der Waals surface area contributed by atoms with Gasteiger partial charge >= 0.3 is 0 Å². The first-order valence-electron chi connectivity index (χ1n) is 8.15. The standard InChI is InChI=1S/C16H22ClN3O3S/c17-13-2-1-3-15(10-13)19-5-7-20(8-6-19)16(21)11-18-14-4-9-24(22,23)12-14/h1-3,10,14,18H,4-9,11-12H2. The van der Waals surface area contributed by atoms with E-state index in [2.05, 4.69) is 10.2 Å². The lowest BCUT2D eigenvalue weighted by Gasteiger charge is -2.36. The lowest BCUT2D eigenvalue weighted by atomic mass is 10.2. The van der Waals surface area contributed by atoms with E-state index in [1.54, 1.807) is 0 Å². The summed E-state index contributed by atoms with van der Waals surface area (Å²) in [7, 11) is -2.91. The molecule has 1 amide bonds. The SMILES string of the molecule is O=C(CNC1CCS(=O)(=O)C1)N1CCN(c2cccc(Cl)c2)CC1. The van der Waals surface area contributed by atoms with Gasteiger partial charge in [0.15, 0.2) is 9.84 Å². The Hall–Kier alpha value is -1.31. The van der Waals surface area contributed by atoms with Gasteiger partial charge in [-0.15, -0.1) is 0 Å². The Kier molecular flexibility index (Phi) is 5.32. The average Bonchev–Trinajstić information content (AvgIpc) is 2.92. The van der Waals surface area contributed by atoms with E-state index in [0.29, 0.717) is 24.5 Å². The molecule has 2 saturated heterocycles. The zero-order chi connectivity index (χ0) is 17.2. The van der Waals surface area contributed by atoms with Crippen LogP contribution in [0.15, 0.2) is 24.3 Å². The number of nitrogens with zero attached hydrogens (tertiary/aromatic N) is 2. The van der Waals surface area contributed by atoms with E-state index in [4.69, 9.17) is 11.6 Å². The molecule has 2 heterocycles. The summed E-state index contributed by atoms with van der Waals surface area (Å²) in [5, 5.41) is 3.79. The summed E-state index contributed by atoms with van der Waals surface area (Å²) in [6, 6.07) is 7.63. The van der Waals surface area contributed by atoms with Gasteiger partial charge in [-0.2, -0.15) is 0 Å². The minimum Gasteiger partial charge on any atom is -0.368 e. The van der Waals surface area contributed by atoms with Gasteiger partial charge in [-0.25, -0.2) is 8.42 Å². The van der Waals surface area contributed by atoms with Gasteiger partial charge in [0.25, 0.3) is 0 Å². The third-order valence-electron chi connectivity index (χ3n) is 4.58. The van der Waals surface area contributed by atoms with Crippen molar-refractivity contribution in [2.45, 2.75) is 12.5 Å². The molecular formula is C16H22ClN3O3S. The monoisotopic (exact) mass is 371 g/mol. The number of carbonyl (C=O) groups excluding carboxylic acids is 1. The van der Waals surface area contributed by atoms with Crippen LogP contribution in [0, 0.1) is 0 Å². The minimum absolute atomic E-state index is 0.0324. The summed E-state index contributed by atoms with van der Waals surface area (Å²) >= 11 is 6.02. The lowest BCUT2D eigenvalue weighted by molar-refractivity contribution is -0.130. The lowest BCUT2D eigenvalue weighted by Crippen LogP contribution is -2.51. The van der Waals surface area contributed by atoms with Crippen LogP contribution in [0.4, 0.5) is 5.69 Å². The number of nitrogens with one attached hydrogen (secondary N) is 1. The van der Waals surface area contributed by atoms with E-state index in [-0.39, 0.29) is 30.0 Å². The first kappa shape index (κ1) is 17.5. The second-order valence-electron chi connectivity index (χ2n) is 6.33. The highest BCUT2D eigenvalue weighted by Crippen LogP contribution is 2.20. The molecular weight excluding hydrogens is 350 g/mol. The zero-order valence-corrected chi connectivity index (χ0v) is 15.0. The Morgan fingerprint density at radius 1 is 1.25 bits per heavy atom. The zero-order valence-electron chi connectivity index (χ0n) is 13.4. The molecule has 2 aliphatic rings. The number of carbonyl (C=O) groups is 1. The molecule has 24 heavy (non-hydrogen) atoms. The van der Waals surface area contributed by atoms with E-state index in [1.165, 1.54) is 0 Å². The molecule has 3 rings (SSSR count). The normalized spacial score (nSPS) is 23.5. The van der Waals surface area contributed by atoms with Crippen molar-refractivity contribution in [3.05, 3.63) is 29.3 Å². The second-order valence-corrected chi connectivity index (χ2v) is 8.99. The van der Waals surface area contributed by atoms with E-state index >= 15 is 0 Å². The fourth-order valence-corrected chi connectivity index (χ4v) is 5.08. The van der Waals surface area contributed by atoms with Crippen molar-refractivity contribution in [2.75, 3.05) is 49.1 Å². The van der Waals surface area contributed by atoms with Gasteiger partial charge in [0.2, 0.25) is 5.91 Å². The van der Waals surface area contributed by atoms with Crippen LogP contribution in [0.1, 0.15) is 6.42 Å². The molecule has 0 aliphatic carbocycles. The first-order chi connectivity index (χ1) is 11.4. The molecule has 0 bridgehead atoms. The predicted octanol–water partition coefficient (Wildman–Crippen LogP) is 0.765. The highest BCUT2D eigenvalue weighted by Gasteiger charge is 2.28. The molecule has 0 saturated carbocycles. The predicted molar refractivity (Wildman–Crippen MR) is 95.3 cm³/mol. The molecule has 2 fully saturated rings. The summed E-state index contributed by atoms with van der Waals surface area (Å²) in [6.07, 6.45) is 0.595. The average molecular weight is 372 g/mol. The van der Waals surface area contributed by atoms with E-state index in [9.17, 15) is 13.2 Å². The second kappa shape index (κ2) is 7.29. The summed E-state index contributed by atoms with van der Waals surface area (Å²) in [5.41, 5.74) is 1.07. The number of anilines is 1. The van der Waals surface area contributed by atoms with Crippen molar-refractivity contribution in [1.82, 2.24) is 10.2 Å². The van der Waals surface area contributed by atoms with Gasteiger partial charge in [-0.05, 0) is 24.6 Å². The van der Waals surface area contributed by atoms with Crippen LogP contribution in [0.2, 0.25) is 5.02 Å². The molecule has 2 aliphatic heterocycles. The highest BCUT2D eigenvalue weighted by molar-refractivity contribution is 7.91. The van der Waals surface area contributed by atoms with Crippen molar-refractivity contribution in [3.63, 3.8) is 0 Å². The number of hydrogen-bond acceptors (Lipinski definition) is 5. The fourth-order valence-electron chi connectivity index (χ4n) is 3.19. The van der Waals surface area contributed by atoms with E-state index in [1.807, 2.05) is 29.2 Å². The van der Waals surface area contributed by atoms with Gasteiger partial charge in [-0.1, -0.05) is 17.7 Å². The van der Waals surface area contributed by atoms with Crippen LogP contribution in [-0.2, 0) is 14.6 Å². The number of rotatable bonds is 4. The van der Waals surface area contributed by atoms with Gasteiger partial charge in [0, 0.05) is 42.9 Å². The smallest absolute Gasteiger partial charge is 0.236 e. The fraction of sp³-hybridized carbons (Fsp3) is 0.562. The molecule has 0 aromatic heterocycles. The molecule has 1 aromatic carbocycles. The topological polar surface area (TPSA) is 69.7 Å². The van der Waals surface area contributed by atoms with Gasteiger partial charge in [0.1, 0.15) is 0 Å². The van der Waals surface area contributed by atoms with Crippen molar-refractivity contribution >= 4 is 33.0 Å². The maximum Gasteiger partial charge on any atom is 0.236 e. The molecule has 0 radical (unpaired) electrons. The van der Waals surface area contributed by atoms with Crippen LogP contribution in [-0.4, -0.2) is 69.5 Å². The Bertz CT molecular complexity index is 702. The van der Waals surface area contributed by atoms with Gasteiger partial charge in [-0.3, -0.25) is 4.79 Å². The Balaban J connectivity index is 1.45.